The number of hydrogen-bond acceptors (Lipinski definition) is 2. The van der Waals surface area contributed by atoms with E-state index in [0.29, 0.717) is 6.04 Å². The first-order valence-electron chi connectivity index (χ1n) is 7.73. The van der Waals surface area contributed by atoms with E-state index < -0.39 is 0 Å². The Balaban J connectivity index is 1.63. The van der Waals surface area contributed by atoms with Gasteiger partial charge in [0.2, 0.25) is 0 Å². The third-order valence-corrected chi connectivity index (χ3v) is 3.91. The summed E-state index contributed by atoms with van der Waals surface area (Å²) in [6.07, 6.45) is 3.95. The number of rotatable bonds is 7. The molecule has 106 valence electrons. The van der Waals surface area contributed by atoms with Gasteiger partial charge in [0.05, 0.1) is 0 Å². The van der Waals surface area contributed by atoms with Crippen LogP contribution in [0.2, 0.25) is 0 Å². The van der Waals surface area contributed by atoms with Crippen molar-refractivity contribution in [3.8, 4) is 0 Å². The molecule has 0 saturated carbocycles. The lowest BCUT2D eigenvalue weighted by Crippen LogP contribution is -2.33. The number of nitrogens with zero attached hydrogens (tertiary/aromatic N) is 1. The van der Waals surface area contributed by atoms with Gasteiger partial charge in [-0.15, -0.1) is 0 Å². The molecule has 1 atom stereocenters. The number of hydrogen-bond donors (Lipinski definition) is 1. The maximum Gasteiger partial charge on any atom is 0.0234 e. The zero-order valence-electron chi connectivity index (χ0n) is 12.4. The van der Waals surface area contributed by atoms with Gasteiger partial charge in [-0.2, -0.15) is 0 Å². The predicted octanol–water partition coefficient (Wildman–Crippen LogP) is 3.29. The molecule has 1 aromatic carbocycles. The normalized spacial score (nSPS) is 20.3. The third-order valence-electron chi connectivity index (χ3n) is 3.91. The largest absolute Gasteiger partial charge is 0.313 e. The number of likely N-dealkylation sites (tertiary alicyclic amines) is 1. The maximum absolute atomic E-state index is 3.71. The Labute approximate surface area is 118 Å². The molecule has 0 amide bonds. The van der Waals surface area contributed by atoms with Crippen LogP contribution in [0.5, 0.6) is 0 Å². The summed E-state index contributed by atoms with van der Waals surface area (Å²) in [6, 6.07) is 11.5. The van der Waals surface area contributed by atoms with Crippen LogP contribution < -0.4 is 5.32 Å². The van der Waals surface area contributed by atoms with E-state index >= 15 is 0 Å². The fraction of sp³-hybridized carbons (Fsp3) is 0.647. The molecular formula is C17H28N2. The number of benzene rings is 1. The fourth-order valence-corrected chi connectivity index (χ4v) is 2.80. The molecule has 0 aliphatic carbocycles. The Hall–Kier alpha value is -0.860. The molecule has 0 spiro atoms. The first-order valence-corrected chi connectivity index (χ1v) is 7.73. The minimum atomic E-state index is 0.705. The monoisotopic (exact) mass is 260 g/mol. The van der Waals surface area contributed by atoms with Crippen molar-refractivity contribution in [2.75, 3.05) is 19.6 Å². The van der Waals surface area contributed by atoms with Crippen molar-refractivity contribution in [3.63, 3.8) is 0 Å². The molecule has 0 aromatic heterocycles. The van der Waals surface area contributed by atoms with Crippen molar-refractivity contribution in [1.29, 1.82) is 0 Å². The highest BCUT2D eigenvalue weighted by molar-refractivity contribution is 5.14. The van der Waals surface area contributed by atoms with E-state index in [0.717, 1.165) is 12.5 Å². The summed E-state index contributed by atoms with van der Waals surface area (Å²) in [5.74, 6) is 0.833. The average molecular weight is 260 g/mol. The van der Waals surface area contributed by atoms with Gasteiger partial charge >= 0.3 is 0 Å². The summed E-state index contributed by atoms with van der Waals surface area (Å²) in [6.45, 7) is 9.33. The van der Waals surface area contributed by atoms with Crippen LogP contribution in [-0.4, -0.2) is 30.6 Å². The first-order chi connectivity index (χ1) is 9.24. The van der Waals surface area contributed by atoms with Crippen molar-refractivity contribution in [2.24, 2.45) is 5.92 Å². The number of nitrogens with one attached hydrogen (secondary N) is 1. The van der Waals surface area contributed by atoms with Gasteiger partial charge in [0.25, 0.3) is 0 Å². The standard InChI is InChI=1S/C17H28N2/c1-15(2)7-6-11-18-17-10-12-19(14-17)13-16-8-4-3-5-9-16/h3-5,8-9,15,17-18H,6-7,10-14H2,1-2H3. The van der Waals surface area contributed by atoms with Crippen LogP contribution in [-0.2, 0) is 6.54 Å². The van der Waals surface area contributed by atoms with Crippen molar-refractivity contribution in [2.45, 2.75) is 45.7 Å². The van der Waals surface area contributed by atoms with E-state index in [4.69, 9.17) is 0 Å². The second kappa shape index (κ2) is 7.66. The van der Waals surface area contributed by atoms with Gasteiger partial charge in [0.1, 0.15) is 0 Å². The van der Waals surface area contributed by atoms with Crippen LogP contribution in [0, 0.1) is 5.92 Å². The summed E-state index contributed by atoms with van der Waals surface area (Å²) in [5, 5.41) is 3.71. The molecule has 19 heavy (non-hydrogen) atoms. The average Bonchev–Trinajstić information content (AvgIpc) is 2.83. The molecule has 1 N–H and O–H groups in total. The van der Waals surface area contributed by atoms with Crippen LogP contribution in [0.3, 0.4) is 0 Å². The second-order valence-electron chi connectivity index (χ2n) is 6.20. The lowest BCUT2D eigenvalue weighted by atomic mass is 10.1. The van der Waals surface area contributed by atoms with Crippen molar-refractivity contribution in [1.82, 2.24) is 10.2 Å². The van der Waals surface area contributed by atoms with E-state index in [1.807, 2.05) is 0 Å². The van der Waals surface area contributed by atoms with Gasteiger partial charge in [0.15, 0.2) is 0 Å². The molecule has 1 unspecified atom stereocenters. The van der Waals surface area contributed by atoms with Crippen LogP contribution in [0.1, 0.15) is 38.7 Å². The van der Waals surface area contributed by atoms with Gasteiger partial charge in [-0.05, 0) is 37.3 Å². The van der Waals surface area contributed by atoms with Gasteiger partial charge < -0.3 is 5.32 Å². The summed E-state index contributed by atoms with van der Waals surface area (Å²) >= 11 is 0. The topological polar surface area (TPSA) is 15.3 Å². The minimum Gasteiger partial charge on any atom is -0.313 e. The quantitative estimate of drug-likeness (QED) is 0.757. The Morgan fingerprint density at radius 3 is 2.79 bits per heavy atom. The molecule has 1 saturated heterocycles. The molecular weight excluding hydrogens is 232 g/mol. The van der Waals surface area contributed by atoms with Gasteiger partial charge in [-0.1, -0.05) is 44.2 Å². The minimum absolute atomic E-state index is 0.705. The van der Waals surface area contributed by atoms with Gasteiger partial charge in [-0.25, -0.2) is 0 Å². The van der Waals surface area contributed by atoms with E-state index in [1.165, 1.54) is 44.5 Å². The van der Waals surface area contributed by atoms with Crippen molar-refractivity contribution in [3.05, 3.63) is 35.9 Å². The molecule has 1 aliphatic rings. The molecule has 2 rings (SSSR count). The molecule has 2 nitrogen and oxygen atoms in total. The van der Waals surface area contributed by atoms with Crippen LogP contribution in [0.25, 0.3) is 0 Å². The molecule has 2 heteroatoms. The molecule has 0 bridgehead atoms. The summed E-state index contributed by atoms with van der Waals surface area (Å²) in [4.78, 5) is 2.56. The molecule has 1 heterocycles. The Bertz CT molecular complexity index is 348. The summed E-state index contributed by atoms with van der Waals surface area (Å²) in [5.41, 5.74) is 1.43. The van der Waals surface area contributed by atoms with E-state index in [1.54, 1.807) is 0 Å². The zero-order valence-corrected chi connectivity index (χ0v) is 12.4. The molecule has 1 aromatic rings. The lowest BCUT2D eigenvalue weighted by molar-refractivity contribution is 0.319. The first kappa shape index (κ1) is 14.5. The van der Waals surface area contributed by atoms with Crippen LogP contribution in [0.15, 0.2) is 30.3 Å². The van der Waals surface area contributed by atoms with Crippen LogP contribution >= 0.6 is 0 Å². The second-order valence-corrected chi connectivity index (χ2v) is 6.20. The lowest BCUT2D eigenvalue weighted by Gasteiger charge is -2.17. The highest BCUT2D eigenvalue weighted by Crippen LogP contribution is 2.13. The summed E-state index contributed by atoms with van der Waals surface area (Å²) in [7, 11) is 0. The van der Waals surface area contributed by atoms with Crippen LogP contribution in [0.4, 0.5) is 0 Å². The maximum atomic E-state index is 3.71. The fourth-order valence-electron chi connectivity index (χ4n) is 2.80. The molecule has 1 aliphatic heterocycles. The van der Waals surface area contributed by atoms with Crippen molar-refractivity contribution < 1.29 is 0 Å². The Morgan fingerprint density at radius 2 is 2.05 bits per heavy atom. The third kappa shape index (κ3) is 5.33. The van der Waals surface area contributed by atoms with E-state index in [-0.39, 0.29) is 0 Å². The SMILES string of the molecule is CC(C)CCCNC1CCN(Cc2ccccc2)C1. The van der Waals surface area contributed by atoms with Gasteiger partial charge in [0, 0.05) is 25.7 Å². The highest BCUT2D eigenvalue weighted by Gasteiger charge is 2.21. The van der Waals surface area contributed by atoms with Crippen molar-refractivity contribution >= 4 is 0 Å². The predicted molar refractivity (Wildman–Crippen MR) is 82.2 cm³/mol. The molecule has 0 radical (unpaired) electrons. The Morgan fingerprint density at radius 1 is 1.26 bits per heavy atom. The summed E-state index contributed by atoms with van der Waals surface area (Å²) < 4.78 is 0. The van der Waals surface area contributed by atoms with Gasteiger partial charge in [-0.3, -0.25) is 4.90 Å². The highest BCUT2D eigenvalue weighted by atomic mass is 15.2. The van der Waals surface area contributed by atoms with E-state index in [2.05, 4.69) is 54.4 Å². The Kier molecular flexibility index (Phi) is 5.87. The molecule has 1 fully saturated rings. The zero-order chi connectivity index (χ0) is 13.5. The smallest absolute Gasteiger partial charge is 0.0234 e. The van der Waals surface area contributed by atoms with E-state index in [9.17, 15) is 0 Å².